The highest BCUT2D eigenvalue weighted by Crippen LogP contribution is 1.67. The number of hydrogen-bond acceptors (Lipinski definition) is 2. The van der Waals surface area contributed by atoms with Gasteiger partial charge >= 0.3 is 0 Å². The Kier molecular flexibility index (Phi) is 14.0. The maximum Gasteiger partial charge on any atom is 0.233 e. The van der Waals surface area contributed by atoms with Gasteiger partial charge in [-0.2, -0.15) is 0 Å². The number of carbonyl (C=O) groups is 1. The third-order valence-electron chi connectivity index (χ3n) is 0.436. The summed E-state index contributed by atoms with van der Waals surface area (Å²) in [5.74, 6) is 0. The van der Waals surface area contributed by atoms with Crippen molar-refractivity contribution in [1.82, 2.24) is 5.06 Å². The Labute approximate surface area is 64.1 Å². The van der Waals surface area contributed by atoms with Gasteiger partial charge in [-0.05, 0) is 0 Å². The van der Waals surface area contributed by atoms with Crippen molar-refractivity contribution in [2.45, 2.75) is 6.92 Å². The van der Waals surface area contributed by atoms with Crippen molar-refractivity contribution in [3.8, 4) is 0 Å². The van der Waals surface area contributed by atoms with Crippen molar-refractivity contribution < 1.29 is 9.63 Å². The molecule has 0 aromatic rings. The predicted octanol–water partition coefficient (Wildman–Crippen LogP) is 1.04. The first-order valence-electron chi connectivity index (χ1n) is 2.51. The van der Waals surface area contributed by atoms with Crippen molar-refractivity contribution in [1.29, 1.82) is 0 Å². The minimum absolute atomic E-state index is 0.583. The van der Waals surface area contributed by atoms with Crippen LogP contribution in [-0.4, -0.2) is 31.0 Å². The fourth-order valence-electron chi connectivity index (χ4n) is 0.0430. The van der Waals surface area contributed by atoms with Crippen molar-refractivity contribution in [3.05, 3.63) is 0 Å². The van der Waals surface area contributed by atoms with E-state index in [4.69, 9.17) is 0 Å². The summed E-state index contributed by atoms with van der Waals surface area (Å²) in [6.45, 7) is 2.04. The van der Waals surface area contributed by atoms with E-state index in [9.17, 15) is 4.79 Å². The van der Waals surface area contributed by atoms with E-state index in [1.165, 1.54) is 14.2 Å². The quantitative estimate of drug-likeness (QED) is 0.377. The van der Waals surface area contributed by atoms with Crippen LogP contribution in [0.5, 0.6) is 0 Å². The average Bonchev–Trinajstić information content (AvgIpc) is 1.88. The van der Waals surface area contributed by atoms with Gasteiger partial charge in [0, 0.05) is 12.4 Å². The summed E-state index contributed by atoms with van der Waals surface area (Å²) < 4.78 is 0. The topological polar surface area (TPSA) is 29.5 Å². The Bertz CT molecular complexity index is 60.9. The van der Waals surface area contributed by atoms with Crippen LogP contribution < -0.4 is 0 Å². The van der Waals surface area contributed by atoms with Crippen LogP contribution in [0, 0.1) is 0 Å². The molecule has 0 heterocycles. The molecular formula is C5H12BrNO2. The molecule has 0 N–H and O–H groups in total. The van der Waals surface area contributed by atoms with Crippen LogP contribution in [0.4, 0.5) is 0 Å². The second kappa shape index (κ2) is 10.8. The van der Waals surface area contributed by atoms with Gasteiger partial charge in [-0.15, -0.1) is 0 Å². The Hall–Kier alpha value is -0.0900. The fourth-order valence-corrected chi connectivity index (χ4v) is 0.0430. The molecule has 0 fully saturated rings. The molecule has 56 valence electrons. The second-order valence-electron chi connectivity index (χ2n) is 1.10. The summed E-state index contributed by atoms with van der Waals surface area (Å²) in [7, 11) is 2.95. The van der Waals surface area contributed by atoms with Crippen molar-refractivity contribution in [2.75, 3.05) is 19.5 Å². The van der Waals surface area contributed by atoms with Crippen molar-refractivity contribution in [2.24, 2.45) is 0 Å². The molecule has 0 rings (SSSR count). The first-order valence-corrected chi connectivity index (χ1v) is 3.63. The van der Waals surface area contributed by atoms with E-state index in [0.29, 0.717) is 6.41 Å². The number of carbonyl (C=O) groups excluding carboxylic acids is 1. The number of amides is 1. The molecule has 0 aliphatic heterocycles. The van der Waals surface area contributed by atoms with Crippen LogP contribution >= 0.6 is 15.9 Å². The maximum atomic E-state index is 9.54. The first-order chi connectivity index (χ1) is 4.22. The Morgan fingerprint density at radius 1 is 1.78 bits per heavy atom. The molecule has 0 saturated heterocycles. The SMILES string of the molecule is CCBr.CON(C)C=O. The molecule has 4 heteroatoms. The molecule has 0 unspecified atom stereocenters. The molecule has 0 aliphatic carbocycles. The first kappa shape index (κ1) is 11.7. The zero-order chi connectivity index (χ0) is 7.70. The van der Waals surface area contributed by atoms with E-state index in [2.05, 4.69) is 20.8 Å². The molecule has 1 amide bonds. The third kappa shape index (κ3) is 18.1. The normalized spacial score (nSPS) is 7.11. The second-order valence-corrected chi connectivity index (χ2v) is 2.22. The van der Waals surface area contributed by atoms with Gasteiger partial charge in [0.15, 0.2) is 0 Å². The standard InChI is InChI=1S/C3H7NO2.C2H5Br/c1-4(3-5)6-2;1-2-3/h3H,1-2H3;2H2,1H3. The van der Waals surface area contributed by atoms with E-state index in [-0.39, 0.29) is 0 Å². The molecular weight excluding hydrogens is 186 g/mol. The highest BCUT2D eigenvalue weighted by molar-refractivity contribution is 9.09. The van der Waals surface area contributed by atoms with Crippen LogP contribution in [0.2, 0.25) is 0 Å². The van der Waals surface area contributed by atoms with Crippen LogP contribution in [-0.2, 0) is 9.63 Å². The van der Waals surface area contributed by atoms with E-state index < -0.39 is 0 Å². The van der Waals surface area contributed by atoms with E-state index >= 15 is 0 Å². The lowest BCUT2D eigenvalue weighted by Crippen LogP contribution is -2.12. The summed E-state index contributed by atoms with van der Waals surface area (Å²) in [5, 5.41) is 2.13. The number of hydroxylamine groups is 2. The van der Waals surface area contributed by atoms with Crippen LogP contribution in [0.15, 0.2) is 0 Å². The summed E-state index contributed by atoms with van der Waals surface area (Å²) in [5.41, 5.74) is 0. The van der Waals surface area contributed by atoms with Crippen molar-refractivity contribution in [3.63, 3.8) is 0 Å². The van der Waals surface area contributed by atoms with Gasteiger partial charge in [0.2, 0.25) is 6.41 Å². The summed E-state index contributed by atoms with van der Waals surface area (Å²) >= 11 is 3.15. The van der Waals surface area contributed by atoms with Gasteiger partial charge in [-0.3, -0.25) is 9.63 Å². The molecule has 0 aliphatic rings. The lowest BCUT2D eigenvalue weighted by atomic mass is 11.0. The van der Waals surface area contributed by atoms with E-state index in [1.54, 1.807) is 0 Å². The fraction of sp³-hybridized carbons (Fsp3) is 0.800. The zero-order valence-electron chi connectivity index (χ0n) is 5.93. The van der Waals surface area contributed by atoms with Gasteiger partial charge in [-0.25, -0.2) is 5.06 Å². The molecule has 0 aromatic carbocycles. The zero-order valence-corrected chi connectivity index (χ0v) is 7.51. The predicted molar refractivity (Wildman–Crippen MR) is 40.3 cm³/mol. The number of hydrogen-bond donors (Lipinski definition) is 0. The average molecular weight is 198 g/mol. The third-order valence-corrected chi connectivity index (χ3v) is 0.436. The minimum atomic E-state index is 0.583. The van der Waals surface area contributed by atoms with Gasteiger partial charge in [0.25, 0.3) is 0 Å². The highest BCUT2D eigenvalue weighted by Gasteiger charge is 1.79. The Morgan fingerprint density at radius 2 is 2.11 bits per heavy atom. The highest BCUT2D eigenvalue weighted by atomic mass is 79.9. The molecule has 0 bridgehead atoms. The summed E-state index contributed by atoms with van der Waals surface area (Å²) in [4.78, 5) is 13.9. The number of rotatable bonds is 2. The summed E-state index contributed by atoms with van der Waals surface area (Å²) in [6, 6.07) is 0. The molecule has 0 atom stereocenters. The smallest absolute Gasteiger partial charge is 0.233 e. The number of alkyl halides is 1. The molecule has 0 aromatic heterocycles. The number of nitrogens with zero attached hydrogens (tertiary/aromatic N) is 1. The van der Waals surface area contributed by atoms with Gasteiger partial charge in [-0.1, -0.05) is 22.9 Å². The van der Waals surface area contributed by atoms with Crippen LogP contribution in [0.25, 0.3) is 0 Å². The Balaban J connectivity index is 0. The lowest BCUT2D eigenvalue weighted by molar-refractivity contribution is -0.153. The van der Waals surface area contributed by atoms with Gasteiger partial charge < -0.3 is 0 Å². The van der Waals surface area contributed by atoms with Gasteiger partial charge in [0.05, 0.1) is 7.11 Å². The van der Waals surface area contributed by atoms with Crippen LogP contribution in [0.3, 0.4) is 0 Å². The lowest BCUT2D eigenvalue weighted by Gasteiger charge is -2.02. The van der Waals surface area contributed by atoms with Crippen molar-refractivity contribution >= 4 is 22.3 Å². The largest absolute Gasteiger partial charge is 0.276 e. The number of halogens is 1. The van der Waals surface area contributed by atoms with E-state index in [1.807, 2.05) is 6.92 Å². The molecule has 3 nitrogen and oxygen atoms in total. The summed E-state index contributed by atoms with van der Waals surface area (Å²) in [6.07, 6.45) is 0.583. The van der Waals surface area contributed by atoms with Gasteiger partial charge in [0.1, 0.15) is 0 Å². The molecule has 0 spiro atoms. The minimum Gasteiger partial charge on any atom is -0.276 e. The Morgan fingerprint density at radius 3 is 2.11 bits per heavy atom. The molecule has 9 heavy (non-hydrogen) atoms. The maximum absolute atomic E-state index is 9.54. The molecule has 0 saturated carbocycles. The monoisotopic (exact) mass is 197 g/mol. The van der Waals surface area contributed by atoms with Crippen LogP contribution in [0.1, 0.15) is 6.92 Å². The van der Waals surface area contributed by atoms with E-state index in [0.717, 1.165) is 10.4 Å². The molecule has 0 radical (unpaired) electrons.